The highest BCUT2D eigenvalue weighted by Crippen LogP contribution is 2.17. The van der Waals surface area contributed by atoms with Crippen LogP contribution in [0.3, 0.4) is 0 Å². The zero-order valence-electron chi connectivity index (χ0n) is 11.7. The van der Waals surface area contributed by atoms with Gasteiger partial charge in [0, 0.05) is 44.0 Å². The Morgan fingerprint density at radius 1 is 1.33 bits per heavy atom. The lowest BCUT2D eigenvalue weighted by Gasteiger charge is -2.16. The Labute approximate surface area is 122 Å². The number of amides is 1. The summed E-state index contributed by atoms with van der Waals surface area (Å²) in [4.78, 5) is 29.5. The van der Waals surface area contributed by atoms with Crippen molar-refractivity contribution >= 4 is 11.7 Å². The molecule has 2 aromatic rings. The Bertz CT molecular complexity index is 591. The van der Waals surface area contributed by atoms with E-state index in [1.54, 1.807) is 18.6 Å². The summed E-state index contributed by atoms with van der Waals surface area (Å²) in [7, 11) is 0. The zero-order valence-corrected chi connectivity index (χ0v) is 11.7. The van der Waals surface area contributed by atoms with Gasteiger partial charge in [0.1, 0.15) is 17.8 Å². The largest absolute Gasteiger partial charge is 0.357 e. The minimum Gasteiger partial charge on any atom is -0.357 e. The number of hydrogen-bond donors (Lipinski definition) is 2. The molecule has 0 aliphatic carbocycles. The molecule has 1 saturated heterocycles. The third-order valence-electron chi connectivity index (χ3n) is 3.55. The van der Waals surface area contributed by atoms with Gasteiger partial charge in [0.15, 0.2) is 0 Å². The average Bonchev–Trinajstić information content (AvgIpc) is 3.21. The van der Waals surface area contributed by atoms with Crippen LogP contribution in [-0.4, -0.2) is 45.5 Å². The SMILES string of the molecule is O=C(NCCc1cnc[nH]1)c1cc(N2CCCC2)ncn1. The summed E-state index contributed by atoms with van der Waals surface area (Å²) in [6.45, 7) is 2.54. The van der Waals surface area contributed by atoms with Gasteiger partial charge in [-0.25, -0.2) is 15.0 Å². The summed E-state index contributed by atoms with van der Waals surface area (Å²) in [5, 5.41) is 2.86. The molecule has 0 bridgehead atoms. The summed E-state index contributed by atoms with van der Waals surface area (Å²) < 4.78 is 0. The molecule has 1 aliphatic heterocycles. The van der Waals surface area contributed by atoms with Crippen LogP contribution in [0.4, 0.5) is 5.82 Å². The molecule has 1 aliphatic rings. The number of rotatable bonds is 5. The second-order valence-electron chi connectivity index (χ2n) is 5.04. The monoisotopic (exact) mass is 286 g/mol. The lowest BCUT2D eigenvalue weighted by atomic mass is 10.3. The molecule has 1 fully saturated rings. The Balaban J connectivity index is 1.57. The fourth-order valence-electron chi connectivity index (χ4n) is 2.41. The van der Waals surface area contributed by atoms with Crippen molar-refractivity contribution in [3.63, 3.8) is 0 Å². The van der Waals surface area contributed by atoms with E-state index in [-0.39, 0.29) is 5.91 Å². The highest BCUT2D eigenvalue weighted by atomic mass is 16.1. The molecular weight excluding hydrogens is 268 g/mol. The van der Waals surface area contributed by atoms with Crippen LogP contribution in [0.1, 0.15) is 29.0 Å². The fourth-order valence-corrected chi connectivity index (χ4v) is 2.41. The summed E-state index contributed by atoms with van der Waals surface area (Å²) >= 11 is 0. The van der Waals surface area contributed by atoms with Crippen LogP contribution in [0.25, 0.3) is 0 Å². The van der Waals surface area contributed by atoms with Crippen LogP contribution >= 0.6 is 0 Å². The van der Waals surface area contributed by atoms with Crippen LogP contribution in [0.5, 0.6) is 0 Å². The predicted octanol–water partition coefficient (Wildman–Crippen LogP) is 0.772. The van der Waals surface area contributed by atoms with E-state index in [0.29, 0.717) is 12.2 Å². The third-order valence-corrected chi connectivity index (χ3v) is 3.55. The normalized spacial score (nSPS) is 14.4. The first kappa shape index (κ1) is 13.5. The summed E-state index contributed by atoms with van der Waals surface area (Å²) in [6.07, 6.45) is 7.91. The van der Waals surface area contributed by atoms with Gasteiger partial charge < -0.3 is 15.2 Å². The molecule has 3 rings (SSSR count). The highest BCUT2D eigenvalue weighted by molar-refractivity contribution is 5.92. The molecule has 0 saturated carbocycles. The van der Waals surface area contributed by atoms with Crippen molar-refractivity contribution in [1.29, 1.82) is 0 Å². The molecule has 0 aromatic carbocycles. The van der Waals surface area contributed by atoms with Gasteiger partial charge in [0.25, 0.3) is 5.91 Å². The molecule has 0 radical (unpaired) electrons. The van der Waals surface area contributed by atoms with Gasteiger partial charge in [0.05, 0.1) is 6.33 Å². The van der Waals surface area contributed by atoms with E-state index in [1.165, 1.54) is 19.2 Å². The van der Waals surface area contributed by atoms with Gasteiger partial charge in [-0.3, -0.25) is 4.79 Å². The molecule has 0 spiro atoms. The van der Waals surface area contributed by atoms with Gasteiger partial charge in [-0.05, 0) is 12.8 Å². The molecule has 21 heavy (non-hydrogen) atoms. The van der Waals surface area contributed by atoms with E-state index >= 15 is 0 Å². The van der Waals surface area contributed by atoms with E-state index in [1.807, 2.05) is 0 Å². The maximum Gasteiger partial charge on any atom is 0.270 e. The Morgan fingerprint density at radius 3 is 2.95 bits per heavy atom. The number of anilines is 1. The Hall–Kier alpha value is -2.44. The Kier molecular flexibility index (Phi) is 4.09. The molecule has 110 valence electrons. The van der Waals surface area contributed by atoms with Crippen molar-refractivity contribution in [3.05, 3.63) is 36.3 Å². The first-order valence-corrected chi connectivity index (χ1v) is 7.15. The number of carbonyl (C=O) groups is 1. The summed E-state index contributed by atoms with van der Waals surface area (Å²) in [5.41, 5.74) is 1.41. The van der Waals surface area contributed by atoms with Crippen LogP contribution in [0.15, 0.2) is 24.9 Å². The number of carbonyl (C=O) groups excluding carboxylic acids is 1. The van der Waals surface area contributed by atoms with Gasteiger partial charge in [-0.15, -0.1) is 0 Å². The van der Waals surface area contributed by atoms with Crippen LogP contribution in [-0.2, 0) is 6.42 Å². The highest BCUT2D eigenvalue weighted by Gasteiger charge is 2.16. The van der Waals surface area contributed by atoms with E-state index in [0.717, 1.165) is 31.0 Å². The molecular formula is C14H18N6O. The van der Waals surface area contributed by atoms with Crippen LogP contribution in [0.2, 0.25) is 0 Å². The molecule has 2 N–H and O–H groups in total. The molecule has 7 nitrogen and oxygen atoms in total. The smallest absolute Gasteiger partial charge is 0.270 e. The molecule has 7 heteroatoms. The molecule has 1 amide bonds. The van der Waals surface area contributed by atoms with Crippen molar-refractivity contribution in [1.82, 2.24) is 25.3 Å². The van der Waals surface area contributed by atoms with Gasteiger partial charge in [0.2, 0.25) is 0 Å². The van der Waals surface area contributed by atoms with Gasteiger partial charge >= 0.3 is 0 Å². The van der Waals surface area contributed by atoms with Crippen molar-refractivity contribution in [2.24, 2.45) is 0 Å². The lowest BCUT2D eigenvalue weighted by molar-refractivity contribution is 0.0949. The van der Waals surface area contributed by atoms with E-state index < -0.39 is 0 Å². The second kappa shape index (κ2) is 6.34. The number of imidazole rings is 1. The lowest BCUT2D eigenvalue weighted by Crippen LogP contribution is -2.27. The maximum absolute atomic E-state index is 12.1. The van der Waals surface area contributed by atoms with Crippen molar-refractivity contribution in [2.45, 2.75) is 19.3 Å². The fraction of sp³-hybridized carbons (Fsp3) is 0.429. The van der Waals surface area contributed by atoms with Gasteiger partial charge in [-0.2, -0.15) is 0 Å². The van der Waals surface area contributed by atoms with Crippen LogP contribution < -0.4 is 10.2 Å². The van der Waals surface area contributed by atoms with Gasteiger partial charge in [-0.1, -0.05) is 0 Å². The number of aromatic amines is 1. The standard InChI is InChI=1S/C14H18N6O/c21-14(16-4-3-11-8-15-9-17-11)12-7-13(19-10-18-12)20-5-1-2-6-20/h7-10H,1-6H2,(H,15,17)(H,16,21). The molecule has 2 aromatic heterocycles. The minimum absolute atomic E-state index is 0.169. The second-order valence-corrected chi connectivity index (χ2v) is 5.04. The van der Waals surface area contributed by atoms with E-state index in [2.05, 4.69) is 30.2 Å². The zero-order chi connectivity index (χ0) is 14.5. The summed E-state index contributed by atoms with van der Waals surface area (Å²) in [6, 6.07) is 1.76. The topological polar surface area (TPSA) is 86.8 Å². The van der Waals surface area contributed by atoms with E-state index in [4.69, 9.17) is 0 Å². The van der Waals surface area contributed by atoms with E-state index in [9.17, 15) is 4.79 Å². The average molecular weight is 286 g/mol. The van der Waals surface area contributed by atoms with Crippen molar-refractivity contribution < 1.29 is 4.79 Å². The number of nitrogens with one attached hydrogen (secondary N) is 2. The molecule has 0 unspecified atom stereocenters. The molecule has 0 atom stereocenters. The number of hydrogen-bond acceptors (Lipinski definition) is 5. The van der Waals surface area contributed by atoms with Crippen molar-refractivity contribution in [3.8, 4) is 0 Å². The third kappa shape index (κ3) is 3.36. The first-order chi connectivity index (χ1) is 10.3. The Morgan fingerprint density at radius 2 is 2.19 bits per heavy atom. The first-order valence-electron chi connectivity index (χ1n) is 7.15. The predicted molar refractivity (Wildman–Crippen MR) is 78.1 cm³/mol. The summed E-state index contributed by atoms with van der Waals surface area (Å²) in [5.74, 6) is 0.665. The van der Waals surface area contributed by atoms with Crippen molar-refractivity contribution in [2.75, 3.05) is 24.5 Å². The number of nitrogens with zero attached hydrogens (tertiary/aromatic N) is 4. The molecule has 3 heterocycles. The minimum atomic E-state index is -0.169. The maximum atomic E-state index is 12.1. The quantitative estimate of drug-likeness (QED) is 0.848. The number of aromatic nitrogens is 4. The number of H-pyrrole nitrogens is 1. The van der Waals surface area contributed by atoms with Crippen LogP contribution in [0, 0.1) is 0 Å².